The van der Waals surface area contributed by atoms with Gasteiger partial charge in [0.2, 0.25) is 11.8 Å². The molecule has 4 aromatic carbocycles. The lowest BCUT2D eigenvalue weighted by Crippen LogP contribution is -2.53. The Kier molecular flexibility index (Phi) is 11.8. The maximum Gasteiger partial charge on any atom is 0.264 e. The number of rotatable bonds is 13. The van der Waals surface area contributed by atoms with E-state index in [0.717, 1.165) is 39.7 Å². The third kappa shape index (κ3) is 9.09. The van der Waals surface area contributed by atoms with Gasteiger partial charge in [0.25, 0.3) is 10.0 Å². The molecule has 4 aromatic rings. The highest BCUT2D eigenvalue weighted by atomic mass is 35.5. The summed E-state index contributed by atoms with van der Waals surface area (Å²) in [5.74, 6) is -1.48. The molecule has 0 aliphatic carbocycles. The van der Waals surface area contributed by atoms with Gasteiger partial charge in [-0.3, -0.25) is 13.9 Å². The van der Waals surface area contributed by atoms with Crippen molar-refractivity contribution in [2.45, 2.75) is 44.7 Å². The minimum Gasteiger partial charge on any atom is -0.354 e. The van der Waals surface area contributed by atoms with E-state index in [-0.39, 0.29) is 35.4 Å². The van der Waals surface area contributed by atoms with Crippen molar-refractivity contribution < 1.29 is 22.4 Å². The normalized spacial score (nSPS) is 12.1. The molecule has 0 aliphatic rings. The molecule has 0 fully saturated rings. The Labute approximate surface area is 280 Å². The number of nitrogens with one attached hydrogen (secondary N) is 1. The number of carbonyl (C=O) groups excluding carboxylic acids is 2. The monoisotopic (exact) mass is 683 g/mol. The second-order valence-electron chi connectivity index (χ2n) is 11.4. The van der Waals surface area contributed by atoms with Crippen molar-refractivity contribution in [1.82, 2.24) is 10.2 Å². The standard InChI is InChI=1S/C35H36Cl2FN3O4S/c1-24(2)21-39-35(43)33(19-26-7-5-4-6-8-26)40(22-27-11-12-28(36)20-32(27)37)34(42)23-41(30-15-9-25(3)10-16-30)46(44,45)31-17-13-29(38)14-18-31/h4-18,20,24,33H,19,21-23H2,1-3H3,(H,39,43)/t33-/m0/s1. The number of aryl methyl sites for hydroxylation is 1. The number of hydrogen-bond acceptors (Lipinski definition) is 4. The van der Waals surface area contributed by atoms with E-state index in [4.69, 9.17) is 23.2 Å². The van der Waals surface area contributed by atoms with Crippen LogP contribution in [0.2, 0.25) is 10.0 Å². The number of benzene rings is 4. The first-order chi connectivity index (χ1) is 21.8. The molecule has 7 nitrogen and oxygen atoms in total. The van der Waals surface area contributed by atoms with Crippen molar-refractivity contribution in [2.24, 2.45) is 5.92 Å². The van der Waals surface area contributed by atoms with E-state index in [9.17, 15) is 22.4 Å². The molecule has 242 valence electrons. The molecule has 11 heteroatoms. The lowest BCUT2D eigenvalue weighted by molar-refractivity contribution is -0.140. The van der Waals surface area contributed by atoms with E-state index in [1.165, 1.54) is 4.90 Å². The Morgan fingerprint density at radius 3 is 2.15 bits per heavy atom. The molecule has 4 rings (SSSR count). The van der Waals surface area contributed by atoms with E-state index >= 15 is 0 Å². The van der Waals surface area contributed by atoms with E-state index in [0.29, 0.717) is 22.2 Å². The fourth-order valence-electron chi connectivity index (χ4n) is 4.78. The van der Waals surface area contributed by atoms with E-state index in [1.807, 2.05) is 51.1 Å². The molecule has 0 spiro atoms. The van der Waals surface area contributed by atoms with Gasteiger partial charge in [0.05, 0.1) is 10.6 Å². The SMILES string of the molecule is Cc1ccc(N(CC(=O)N(Cc2ccc(Cl)cc2Cl)[C@@H](Cc2ccccc2)C(=O)NCC(C)C)S(=O)(=O)c2ccc(F)cc2)cc1. The fourth-order valence-corrected chi connectivity index (χ4v) is 6.67. The third-order valence-electron chi connectivity index (χ3n) is 7.31. The lowest BCUT2D eigenvalue weighted by Gasteiger charge is -2.34. The van der Waals surface area contributed by atoms with Crippen LogP contribution < -0.4 is 9.62 Å². The molecule has 2 amide bonds. The van der Waals surface area contributed by atoms with E-state index in [1.54, 1.807) is 42.5 Å². The maximum atomic E-state index is 14.5. The molecule has 1 atom stereocenters. The Balaban J connectivity index is 1.81. The average molecular weight is 685 g/mol. The predicted molar refractivity (Wildman–Crippen MR) is 181 cm³/mol. The Hall–Kier alpha value is -3.92. The smallest absolute Gasteiger partial charge is 0.264 e. The molecule has 0 aromatic heterocycles. The first-order valence-electron chi connectivity index (χ1n) is 14.7. The summed E-state index contributed by atoms with van der Waals surface area (Å²) in [4.78, 5) is 29.5. The summed E-state index contributed by atoms with van der Waals surface area (Å²) in [5, 5.41) is 3.64. The fraction of sp³-hybridized carbons (Fsp3) is 0.257. The van der Waals surface area contributed by atoms with Crippen molar-refractivity contribution in [1.29, 1.82) is 0 Å². The average Bonchev–Trinajstić information content (AvgIpc) is 3.02. The largest absolute Gasteiger partial charge is 0.354 e. The van der Waals surface area contributed by atoms with Gasteiger partial charge in [-0.1, -0.05) is 91.1 Å². The highest BCUT2D eigenvalue weighted by Crippen LogP contribution is 2.27. The highest BCUT2D eigenvalue weighted by Gasteiger charge is 2.35. The van der Waals surface area contributed by atoms with Gasteiger partial charge in [-0.2, -0.15) is 0 Å². The summed E-state index contributed by atoms with van der Waals surface area (Å²) in [7, 11) is -4.35. The van der Waals surface area contributed by atoms with Crippen LogP contribution in [0.1, 0.15) is 30.5 Å². The van der Waals surface area contributed by atoms with Gasteiger partial charge < -0.3 is 10.2 Å². The number of halogens is 3. The summed E-state index contributed by atoms with van der Waals surface area (Å²) >= 11 is 12.7. The minimum atomic E-state index is -4.35. The summed E-state index contributed by atoms with van der Waals surface area (Å²) in [6, 6.07) is 24.1. The maximum absolute atomic E-state index is 14.5. The number of anilines is 1. The molecular formula is C35H36Cl2FN3O4S. The van der Waals surface area contributed by atoms with Crippen LogP contribution in [0, 0.1) is 18.7 Å². The van der Waals surface area contributed by atoms with Crippen molar-refractivity contribution in [3.8, 4) is 0 Å². The number of sulfonamides is 1. The van der Waals surface area contributed by atoms with Gasteiger partial charge in [-0.25, -0.2) is 12.8 Å². The topological polar surface area (TPSA) is 86.8 Å². The van der Waals surface area contributed by atoms with Crippen LogP contribution in [0.4, 0.5) is 10.1 Å². The van der Waals surface area contributed by atoms with E-state index < -0.39 is 34.3 Å². The first-order valence-corrected chi connectivity index (χ1v) is 16.9. The van der Waals surface area contributed by atoms with Crippen LogP contribution >= 0.6 is 23.2 Å². The Morgan fingerprint density at radius 1 is 0.891 bits per heavy atom. The Bertz CT molecular complexity index is 1750. The lowest BCUT2D eigenvalue weighted by atomic mass is 10.0. The van der Waals surface area contributed by atoms with Gasteiger partial charge in [0.1, 0.15) is 18.4 Å². The molecule has 1 N–H and O–H groups in total. The minimum absolute atomic E-state index is 0.0975. The summed E-state index contributed by atoms with van der Waals surface area (Å²) in [6.45, 7) is 5.42. The van der Waals surface area contributed by atoms with Crippen molar-refractivity contribution >= 4 is 50.7 Å². The van der Waals surface area contributed by atoms with Crippen LogP contribution in [-0.4, -0.2) is 44.3 Å². The third-order valence-corrected chi connectivity index (χ3v) is 9.69. The zero-order valence-corrected chi connectivity index (χ0v) is 28.1. The second-order valence-corrected chi connectivity index (χ2v) is 14.1. The van der Waals surface area contributed by atoms with E-state index in [2.05, 4.69) is 5.32 Å². The molecule has 0 unspecified atom stereocenters. The molecule has 0 heterocycles. The summed E-state index contributed by atoms with van der Waals surface area (Å²) < 4.78 is 42.8. The van der Waals surface area contributed by atoms with Crippen LogP contribution in [0.25, 0.3) is 0 Å². The Morgan fingerprint density at radius 2 is 1.54 bits per heavy atom. The second kappa shape index (κ2) is 15.6. The first kappa shape index (κ1) is 34.9. The molecule has 0 saturated carbocycles. The van der Waals surface area contributed by atoms with Crippen LogP contribution in [0.15, 0.2) is 102 Å². The predicted octanol–water partition coefficient (Wildman–Crippen LogP) is 7.05. The van der Waals surface area contributed by atoms with Crippen molar-refractivity contribution in [2.75, 3.05) is 17.4 Å². The quantitative estimate of drug-likeness (QED) is 0.164. The molecule has 0 radical (unpaired) electrons. The summed E-state index contributed by atoms with van der Waals surface area (Å²) in [6.07, 6.45) is 0.164. The van der Waals surface area contributed by atoms with Crippen LogP contribution in [-0.2, 0) is 32.6 Å². The van der Waals surface area contributed by atoms with Crippen molar-refractivity contribution in [3.05, 3.63) is 130 Å². The zero-order chi connectivity index (χ0) is 33.4. The number of nitrogens with zero attached hydrogens (tertiary/aromatic N) is 2. The van der Waals surface area contributed by atoms with Gasteiger partial charge in [0.15, 0.2) is 0 Å². The van der Waals surface area contributed by atoms with Gasteiger partial charge in [-0.15, -0.1) is 0 Å². The molecule has 0 saturated heterocycles. The zero-order valence-electron chi connectivity index (χ0n) is 25.8. The number of hydrogen-bond donors (Lipinski definition) is 1. The van der Waals surface area contributed by atoms with Crippen LogP contribution in [0.3, 0.4) is 0 Å². The molecule has 0 bridgehead atoms. The van der Waals surface area contributed by atoms with Gasteiger partial charge >= 0.3 is 0 Å². The molecular weight excluding hydrogens is 648 g/mol. The van der Waals surface area contributed by atoms with Crippen LogP contribution in [0.5, 0.6) is 0 Å². The van der Waals surface area contributed by atoms with Gasteiger partial charge in [-0.05, 0) is 72.5 Å². The molecule has 46 heavy (non-hydrogen) atoms. The number of carbonyl (C=O) groups is 2. The molecule has 0 aliphatic heterocycles. The number of amides is 2. The summed E-state index contributed by atoms with van der Waals surface area (Å²) in [5.41, 5.74) is 2.45. The van der Waals surface area contributed by atoms with Gasteiger partial charge in [0, 0.05) is 29.6 Å². The highest BCUT2D eigenvalue weighted by molar-refractivity contribution is 7.92. The van der Waals surface area contributed by atoms with Crippen molar-refractivity contribution in [3.63, 3.8) is 0 Å².